The summed E-state index contributed by atoms with van der Waals surface area (Å²) < 4.78 is 0. The van der Waals surface area contributed by atoms with Crippen LogP contribution in [0.2, 0.25) is 0 Å². The van der Waals surface area contributed by atoms with Gasteiger partial charge in [-0.3, -0.25) is 4.79 Å². The molecule has 1 amide bonds. The minimum Gasteiger partial charge on any atom is -0.400 e. The van der Waals surface area contributed by atoms with Crippen molar-refractivity contribution in [2.24, 2.45) is 5.73 Å². The normalized spacial score (nSPS) is 4.89. The molecule has 0 heterocycles. The molecule has 3 N–H and O–H groups in total. The van der Waals surface area contributed by atoms with Crippen LogP contribution in [0.15, 0.2) is 0 Å². The van der Waals surface area contributed by atoms with E-state index in [1.807, 2.05) is 0 Å². The maximum Gasteiger partial charge on any atom is 0.204 e. The summed E-state index contributed by atoms with van der Waals surface area (Å²) in [5, 5.41) is 7.00. The average molecular weight is 135 g/mol. The average Bonchev–Trinajstić information content (AvgIpc) is 1.71. The standard InChI is InChI=1S/C3H6O.CH3NO.CH4O/c1-3(2)4;2-1-3;1-2/h1-2H3;1H,(H2,2,3);2H,1H3. The van der Waals surface area contributed by atoms with Crippen LogP contribution < -0.4 is 5.73 Å². The second-order valence-electron chi connectivity index (χ2n) is 1.04. The lowest BCUT2D eigenvalue weighted by atomic mass is 10.6. The molecular formula is C5H13NO3. The van der Waals surface area contributed by atoms with E-state index in [0.29, 0.717) is 0 Å². The summed E-state index contributed by atoms with van der Waals surface area (Å²) in [6.07, 6.45) is 0.250. The largest absolute Gasteiger partial charge is 0.400 e. The van der Waals surface area contributed by atoms with E-state index in [-0.39, 0.29) is 12.2 Å². The maximum atomic E-state index is 9.44. The molecule has 56 valence electrons. The second kappa shape index (κ2) is 27.5. The SMILES string of the molecule is CC(C)=O.CO.NC=O. The molecule has 0 atom stereocenters. The fourth-order valence-corrected chi connectivity index (χ4v) is 0. The van der Waals surface area contributed by atoms with Crippen LogP contribution in [0.3, 0.4) is 0 Å². The molecule has 0 bridgehead atoms. The number of ketones is 1. The highest BCUT2D eigenvalue weighted by Crippen LogP contribution is 1.50. The first-order valence-corrected chi connectivity index (χ1v) is 2.22. The van der Waals surface area contributed by atoms with E-state index in [9.17, 15) is 4.79 Å². The lowest BCUT2D eigenvalue weighted by molar-refractivity contribution is -0.115. The fraction of sp³-hybridized carbons (Fsp3) is 0.600. The van der Waals surface area contributed by atoms with Gasteiger partial charge >= 0.3 is 0 Å². The van der Waals surface area contributed by atoms with Crippen LogP contribution in [0.25, 0.3) is 0 Å². The van der Waals surface area contributed by atoms with Gasteiger partial charge in [-0.1, -0.05) is 0 Å². The Kier molecular flexibility index (Phi) is 48.0. The quantitative estimate of drug-likeness (QED) is 0.431. The maximum absolute atomic E-state index is 9.44. The molecular weight excluding hydrogens is 122 g/mol. The molecule has 0 aliphatic carbocycles. The first-order chi connectivity index (χ1) is 4.15. The van der Waals surface area contributed by atoms with Gasteiger partial charge in [-0.15, -0.1) is 0 Å². The van der Waals surface area contributed by atoms with E-state index in [2.05, 4.69) is 5.73 Å². The van der Waals surface area contributed by atoms with Gasteiger partial charge in [0, 0.05) is 7.11 Å². The number of hydrogen-bond donors (Lipinski definition) is 2. The van der Waals surface area contributed by atoms with Crippen molar-refractivity contribution in [2.45, 2.75) is 13.8 Å². The van der Waals surface area contributed by atoms with Crippen molar-refractivity contribution in [3.63, 3.8) is 0 Å². The van der Waals surface area contributed by atoms with Gasteiger partial charge in [0.25, 0.3) is 0 Å². The molecule has 0 aromatic carbocycles. The van der Waals surface area contributed by atoms with Crippen molar-refractivity contribution >= 4 is 12.2 Å². The monoisotopic (exact) mass is 135 g/mol. The van der Waals surface area contributed by atoms with Gasteiger partial charge in [-0.2, -0.15) is 0 Å². The number of aliphatic hydroxyl groups excluding tert-OH is 1. The summed E-state index contributed by atoms with van der Waals surface area (Å²) in [6, 6.07) is 0. The zero-order valence-corrected chi connectivity index (χ0v) is 5.92. The summed E-state index contributed by atoms with van der Waals surface area (Å²) in [5.41, 5.74) is 4.17. The van der Waals surface area contributed by atoms with Crippen LogP contribution in [0.1, 0.15) is 13.8 Å². The molecule has 0 fully saturated rings. The van der Waals surface area contributed by atoms with Gasteiger partial charge in [-0.05, 0) is 13.8 Å². The third-order valence-corrected chi connectivity index (χ3v) is 0. The molecule has 0 spiro atoms. The topological polar surface area (TPSA) is 80.4 Å². The zero-order chi connectivity index (χ0) is 8.28. The van der Waals surface area contributed by atoms with E-state index in [4.69, 9.17) is 9.90 Å². The van der Waals surface area contributed by atoms with E-state index < -0.39 is 0 Å². The Morgan fingerprint density at radius 2 is 1.44 bits per heavy atom. The Balaban J connectivity index is -0.0000000646. The Morgan fingerprint density at radius 1 is 1.44 bits per heavy atom. The van der Waals surface area contributed by atoms with Crippen molar-refractivity contribution in [1.29, 1.82) is 0 Å². The predicted octanol–water partition coefficient (Wildman–Crippen LogP) is -0.695. The summed E-state index contributed by atoms with van der Waals surface area (Å²) in [4.78, 5) is 18.0. The number of nitrogens with two attached hydrogens (primary N) is 1. The second-order valence-corrected chi connectivity index (χ2v) is 1.04. The lowest BCUT2D eigenvalue weighted by Gasteiger charge is -1.56. The number of Topliss-reactive ketones (excluding diaryl/α,β-unsaturated/α-hetero) is 1. The highest BCUT2D eigenvalue weighted by Gasteiger charge is 1.62. The molecule has 0 rings (SSSR count). The van der Waals surface area contributed by atoms with Crippen LogP contribution in [0.5, 0.6) is 0 Å². The van der Waals surface area contributed by atoms with Gasteiger partial charge in [0.15, 0.2) is 0 Å². The molecule has 0 radical (unpaired) electrons. The van der Waals surface area contributed by atoms with Crippen molar-refractivity contribution in [3.8, 4) is 0 Å². The molecule has 0 saturated heterocycles. The number of carbonyl (C=O) groups is 2. The molecule has 0 aliphatic heterocycles. The van der Waals surface area contributed by atoms with Gasteiger partial charge in [-0.25, -0.2) is 0 Å². The molecule has 4 heteroatoms. The summed E-state index contributed by atoms with van der Waals surface area (Å²) in [7, 11) is 1.00. The van der Waals surface area contributed by atoms with Crippen LogP contribution >= 0.6 is 0 Å². The molecule has 0 aromatic heterocycles. The van der Waals surface area contributed by atoms with Crippen molar-refractivity contribution in [2.75, 3.05) is 7.11 Å². The minimum atomic E-state index is 0.167. The molecule has 0 aliphatic rings. The van der Waals surface area contributed by atoms with Gasteiger partial charge in [0.05, 0.1) is 0 Å². The summed E-state index contributed by atoms with van der Waals surface area (Å²) >= 11 is 0. The van der Waals surface area contributed by atoms with E-state index in [0.717, 1.165) is 7.11 Å². The van der Waals surface area contributed by atoms with E-state index in [1.165, 1.54) is 13.8 Å². The van der Waals surface area contributed by atoms with Crippen molar-refractivity contribution < 1.29 is 14.7 Å². The summed E-state index contributed by atoms with van der Waals surface area (Å²) in [5.74, 6) is 0.167. The lowest BCUT2D eigenvalue weighted by Crippen LogP contribution is -1.82. The number of aliphatic hydroxyl groups is 1. The molecule has 9 heavy (non-hydrogen) atoms. The van der Waals surface area contributed by atoms with E-state index in [1.54, 1.807) is 0 Å². The van der Waals surface area contributed by atoms with Crippen LogP contribution in [0.4, 0.5) is 0 Å². The Labute approximate surface area is 54.7 Å². The molecule has 0 saturated carbocycles. The molecule has 0 unspecified atom stereocenters. The third-order valence-electron chi connectivity index (χ3n) is 0. The Bertz CT molecular complexity index is 59.2. The molecule has 4 nitrogen and oxygen atoms in total. The third kappa shape index (κ3) is 228. The van der Waals surface area contributed by atoms with E-state index >= 15 is 0 Å². The minimum absolute atomic E-state index is 0.167. The molecule has 0 aromatic rings. The Hall–Kier alpha value is -0.900. The summed E-state index contributed by atoms with van der Waals surface area (Å²) in [6.45, 7) is 3.06. The van der Waals surface area contributed by atoms with Crippen LogP contribution in [-0.2, 0) is 9.59 Å². The fourth-order valence-electron chi connectivity index (χ4n) is 0. The zero-order valence-electron chi connectivity index (χ0n) is 5.92. The first-order valence-electron chi connectivity index (χ1n) is 2.22. The number of carbonyl (C=O) groups excluding carboxylic acids is 2. The number of amides is 1. The number of rotatable bonds is 0. The number of hydrogen-bond acceptors (Lipinski definition) is 3. The number of primary amides is 1. The van der Waals surface area contributed by atoms with Gasteiger partial charge in [0.1, 0.15) is 5.78 Å². The first kappa shape index (κ1) is 15.7. The predicted molar refractivity (Wildman–Crippen MR) is 34.7 cm³/mol. The van der Waals surface area contributed by atoms with Crippen LogP contribution in [0, 0.1) is 0 Å². The van der Waals surface area contributed by atoms with Crippen molar-refractivity contribution in [3.05, 3.63) is 0 Å². The van der Waals surface area contributed by atoms with Gasteiger partial charge in [0.2, 0.25) is 6.41 Å². The van der Waals surface area contributed by atoms with Crippen LogP contribution in [-0.4, -0.2) is 24.4 Å². The van der Waals surface area contributed by atoms with Crippen molar-refractivity contribution in [1.82, 2.24) is 0 Å². The van der Waals surface area contributed by atoms with Gasteiger partial charge < -0.3 is 15.6 Å². The smallest absolute Gasteiger partial charge is 0.204 e. The Morgan fingerprint density at radius 3 is 1.44 bits per heavy atom. The highest BCUT2D eigenvalue weighted by molar-refractivity contribution is 5.72. The highest BCUT2D eigenvalue weighted by atomic mass is 16.2.